The Kier molecular flexibility index (Phi) is 7.22. The van der Waals surface area contributed by atoms with Gasteiger partial charge in [-0.15, -0.1) is 0 Å². The van der Waals surface area contributed by atoms with Crippen LogP contribution in [-0.2, 0) is 4.74 Å². The molecule has 4 aromatic rings. The number of morpholine rings is 1. The molecule has 5 rings (SSSR count). The molecule has 2 aromatic carbocycles. The maximum atomic E-state index is 10.9. The summed E-state index contributed by atoms with van der Waals surface area (Å²) >= 11 is 0. The number of rotatable bonds is 8. The molecular weight excluding hydrogens is 488 g/mol. The summed E-state index contributed by atoms with van der Waals surface area (Å²) in [7, 11) is 0. The third-order valence-electron chi connectivity index (χ3n) is 5.90. The van der Waals surface area contributed by atoms with Crippen molar-refractivity contribution < 1.29 is 14.1 Å². The molecular formula is C26H26N8O4. The summed E-state index contributed by atoms with van der Waals surface area (Å²) in [5, 5.41) is 18.4. The van der Waals surface area contributed by atoms with Crippen molar-refractivity contribution in [3.8, 4) is 11.3 Å². The van der Waals surface area contributed by atoms with E-state index in [9.17, 15) is 10.1 Å². The van der Waals surface area contributed by atoms with Gasteiger partial charge in [-0.3, -0.25) is 10.1 Å². The van der Waals surface area contributed by atoms with Gasteiger partial charge in [-0.25, -0.2) is 5.43 Å². The second kappa shape index (κ2) is 11.0. The van der Waals surface area contributed by atoms with E-state index in [1.165, 1.54) is 18.3 Å². The van der Waals surface area contributed by atoms with Crippen molar-refractivity contribution in [3.05, 3.63) is 81.6 Å². The summed E-state index contributed by atoms with van der Waals surface area (Å²) in [6, 6.07) is 15.8. The van der Waals surface area contributed by atoms with E-state index < -0.39 is 4.92 Å². The summed E-state index contributed by atoms with van der Waals surface area (Å²) in [6.07, 6.45) is 1.50. The van der Waals surface area contributed by atoms with Crippen LogP contribution in [-0.4, -0.2) is 52.4 Å². The number of nitrogens with zero attached hydrogens (tertiary/aromatic N) is 6. The van der Waals surface area contributed by atoms with Crippen LogP contribution >= 0.6 is 0 Å². The van der Waals surface area contributed by atoms with Crippen molar-refractivity contribution in [2.75, 3.05) is 41.9 Å². The molecule has 0 spiro atoms. The number of nitrogens with one attached hydrogen (secondary N) is 2. The van der Waals surface area contributed by atoms with Crippen LogP contribution in [0.3, 0.4) is 0 Å². The van der Waals surface area contributed by atoms with Crippen LogP contribution in [0, 0.1) is 24.0 Å². The van der Waals surface area contributed by atoms with E-state index in [1.807, 2.05) is 30.9 Å². The maximum absolute atomic E-state index is 10.9. The molecule has 0 bridgehead atoms. The highest BCUT2D eigenvalue weighted by atomic mass is 16.6. The van der Waals surface area contributed by atoms with E-state index in [0.29, 0.717) is 49.7 Å². The monoisotopic (exact) mass is 514 g/mol. The van der Waals surface area contributed by atoms with Gasteiger partial charge < -0.3 is 19.4 Å². The van der Waals surface area contributed by atoms with E-state index in [0.717, 1.165) is 22.4 Å². The lowest BCUT2D eigenvalue weighted by Gasteiger charge is -2.27. The van der Waals surface area contributed by atoms with Crippen molar-refractivity contribution >= 4 is 35.4 Å². The number of aryl methyl sites for hydroxylation is 2. The van der Waals surface area contributed by atoms with Gasteiger partial charge in [0, 0.05) is 36.5 Å². The summed E-state index contributed by atoms with van der Waals surface area (Å²) in [5.74, 6) is 2.24. The Morgan fingerprint density at radius 2 is 1.76 bits per heavy atom. The van der Waals surface area contributed by atoms with Crippen molar-refractivity contribution in [1.29, 1.82) is 0 Å². The van der Waals surface area contributed by atoms with Crippen LogP contribution in [0.2, 0.25) is 0 Å². The van der Waals surface area contributed by atoms with Crippen molar-refractivity contribution in [2.45, 2.75) is 13.8 Å². The van der Waals surface area contributed by atoms with Gasteiger partial charge in [-0.05, 0) is 55.3 Å². The molecule has 0 unspecified atom stereocenters. The molecule has 38 heavy (non-hydrogen) atoms. The van der Waals surface area contributed by atoms with E-state index in [4.69, 9.17) is 9.15 Å². The quantitative estimate of drug-likeness (QED) is 0.193. The molecule has 0 saturated carbocycles. The zero-order valence-corrected chi connectivity index (χ0v) is 20.9. The third-order valence-corrected chi connectivity index (χ3v) is 5.90. The summed E-state index contributed by atoms with van der Waals surface area (Å²) in [6.45, 7) is 6.59. The third kappa shape index (κ3) is 5.93. The van der Waals surface area contributed by atoms with E-state index in [-0.39, 0.29) is 11.6 Å². The molecule has 0 aliphatic carbocycles. The van der Waals surface area contributed by atoms with Crippen LogP contribution in [0.1, 0.15) is 16.9 Å². The average molecular weight is 515 g/mol. The van der Waals surface area contributed by atoms with Gasteiger partial charge in [0.25, 0.3) is 5.69 Å². The number of aromatic nitrogens is 3. The first kappa shape index (κ1) is 24.8. The Hall–Kier alpha value is -4.84. The fraction of sp³-hybridized carbons (Fsp3) is 0.231. The van der Waals surface area contributed by atoms with Crippen LogP contribution in [0.15, 0.2) is 64.1 Å². The molecule has 2 aromatic heterocycles. The highest BCUT2D eigenvalue weighted by molar-refractivity contribution is 5.78. The summed E-state index contributed by atoms with van der Waals surface area (Å²) in [4.78, 5) is 26.1. The fourth-order valence-corrected chi connectivity index (χ4v) is 3.84. The predicted octanol–water partition coefficient (Wildman–Crippen LogP) is 4.68. The normalized spacial score (nSPS) is 13.6. The first-order valence-corrected chi connectivity index (χ1v) is 12.0. The van der Waals surface area contributed by atoms with Crippen LogP contribution in [0.25, 0.3) is 11.3 Å². The molecule has 194 valence electrons. The second-order valence-corrected chi connectivity index (χ2v) is 8.70. The second-order valence-electron chi connectivity index (χ2n) is 8.70. The number of nitro groups is 1. The van der Waals surface area contributed by atoms with E-state index in [1.54, 1.807) is 24.3 Å². The van der Waals surface area contributed by atoms with Gasteiger partial charge >= 0.3 is 0 Å². The highest BCUT2D eigenvalue weighted by Gasteiger charge is 2.17. The first-order chi connectivity index (χ1) is 18.4. The molecule has 0 radical (unpaired) electrons. The fourth-order valence-electron chi connectivity index (χ4n) is 3.84. The van der Waals surface area contributed by atoms with Crippen LogP contribution < -0.4 is 15.6 Å². The van der Waals surface area contributed by atoms with Crippen molar-refractivity contribution in [3.63, 3.8) is 0 Å². The predicted molar refractivity (Wildman–Crippen MR) is 144 cm³/mol. The number of non-ortho nitro benzene ring substituents is 1. The molecule has 0 amide bonds. The molecule has 1 aliphatic heterocycles. The molecule has 12 heteroatoms. The van der Waals surface area contributed by atoms with Crippen molar-refractivity contribution in [1.82, 2.24) is 15.0 Å². The summed E-state index contributed by atoms with van der Waals surface area (Å²) < 4.78 is 11.3. The lowest BCUT2D eigenvalue weighted by atomic mass is 10.1. The number of hydrazone groups is 1. The van der Waals surface area contributed by atoms with Crippen LogP contribution in [0.5, 0.6) is 0 Å². The molecule has 3 heterocycles. The number of nitro benzene ring substituents is 1. The number of ether oxygens (including phenoxy) is 1. The minimum absolute atomic E-state index is 0.0199. The largest absolute Gasteiger partial charge is 0.455 e. The maximum Gasteiger partial charge on any atom is 0.269 e. The Morgan fingerprint density at radius 1 is 1.00 bits per heavy atom. The standard InChI is InChI=1S/C26H26N8O4/c1-17-3-4-18(2)22(15-17)28-24-29-25(31-26(30-24)33-11-13-37-14-12-33)32-27-16-21-9-10-23(38-21)19-5-7-20(8-6-19)34(35)36/h3-10,15-16H,11-14H2,1-2H3,(H2,28,29,30,31,32)/b27-16-. The van der Waals surface area contributed by atoms with E-state index in [2.05, 4.69) is 36.9 Å². The lowest BCUT2D eigenvalue weighted by molar-refractivity contribution is -0.384. The number of furan rings is 1. The SMILES string of the molecule is Cc1ccc(C)c(Nc2nc(N/N=C\c3ccc(-c4ccc([N+](=O)[O-])cc4)o3)nc(N3CCOCC3)n2)c1. The number of hydrogen-bond acceptors (Lipinski definition) is 11. The minimum atomic E-state index is -0.440. The molecule has 0 atom stereocenters. The highest BCUT2D eigenvalue weighted by Crippen LogP contribution is 2.25. The van der Waals surface area contributed by atoms with Gasteiger partial charge in [-0.1, -0.05) is 12.1 Å². The van der Waals surface area contributed by atoms with Gasteiger partial charge in [0.05, 0.1) is 24.4 Å². The van der Waals surface area contributed by atoms with Gasteiger partial charge in [0.1, 0.15) is 11.5 Å². The Morgan fingerprint density at radius 3 is 2.53 bits per heavy atom. The van der Waals surface area contributed by atoms with Gasteiger partial charge in [-0.2, -0.15) is 20.1 Å². The topological polar surface area (TPSA) is 144 Å². The number of benzene rings is 2. The smallest absolute Gasteiger partial charge is 0.269 e. The van der Waals surface area contributed by atoms with Crippen molar-refractivity contribution in [2.24, 2.45) is 5.10 Å². The Bertz CT molecular complexity index is 1460. The number of hydrogen-bond donors (Lipinski definition) is 2. The average Bonchev–Trinajstić information content (AvgIpc) is 3.40. The zero-order valence-electron chi connectivity index (χ0n) is 20.9. The minimum Gasteiger partial charge on any atom is -0.455 e. The zero-order chi connectivity index (χ0) is 26.5. The molecule has 1 fully saturated rings. The Balaban J connectivity index is 1.34. The molecule has 2 N–H and O–H groups in total. The number of anilines is 4. The molecule has 12 nitrogen and oxygen atoms in total. The summed E-state index contributed by atoms with van der Waals surface area (Å²) in [5.41, 5.74) is 6.71. The molecule has 1 saturated heterocycles. The van der Waals surface area contributed by atoms with Gasteiger partial charge in [0.15, 0.2) is 0 Å². The lowest BCUT2D eigenvalue weighted by Crippen LogP contribution is -2.37. The van der Waals surface area contributed by atoms with Crippen LogP contribution in [0.4, 0.5) is 29.2 Å². The first-order valence-electron chi connectivity index (χ1n) is 12.0. The molecule has 1 aliphatic rings. The van der Waals surface area contributed by atoms with Gasteiger partial charge in [0.2, 0.25) is 17.8 Å². The van der Waals surface area contributed by atoms with E-state index >= 15 is 0 Å². The Labute approximate surface area is 218 Å².